The summed E-state index contributed by atoms with van der Waals surface area (Å²) in [4.78, 5) is 10.5. The molecule has 0 unspecified atom stereocenters. The first kappa shape index (κ1) is 14.5. The second kappa shape index (κ2) is 6.14. The fourth-order valence-electron chi connectivity index (χ4n) is 1.04. The van der Waals surface area contributed by atoms with Crippen LogP contribution < -0.4 is 5.11 Å². The number of rotatable bonds is 1. The molecule has 0 saturated carbocycles. The molecule has 0 amide bonds. The molecule has 0 saturated heterocycles. The number of aromatic amines is 1. The number of H-pyrrole nitrogens is 1. The van der Waals surface area contributed by atoms with E-state index >= 15 is 0 Å². The number of fused-ring (bicyclic) bond motifs is 1. The summed E-state index contributed by atoms with van der Waals surface area (Å²) in [6.07, 6.45) is 0. The predicted molar refractivity (Wildman–Crippen MR) is 45.4 cm³/mol. The number of benzene rings is 1. The molecule has 0 aliphatic heterocycles. The van der Waals surface area contributed by atoms with Gasteiger partial charge in [-0.1, -0.05) is 17.3 Å². The number of hydrogen-bond donors (Lipinski definition) is 1. The number of hydrogen-bond acceptors (Lipinski definition) is 4. The molecule has 0 atom stereocenters. The Labute approximate surface area is 138 Å². The van der Waals surface area contributed by atoms with Crippen LogP contribution in [0.1, 0.15) is 10.4 Å². The molecule has 5 nitrogen and oxygen atoms in total. The van der Waals surface area contributed by atoms with Crippen LogP contribution in [0.5, 0.6) is 0 Å². The Morgan fingerprint density at radius 2 is 2.14 bits per heavy atom. The van der Waals surface area contributed by atoms with Crippen LogP contribution in [-0.2, 0) is 22.4 Å². The van der Waals surface area contributed by atoms with Gasteiger partial charge in [0.05, 0.1) is 11.5 Å². The molecule has 0 aliphatic rings. The molecule has 1 heterocycles. The number of aromatic carboxylic acids is 1. The molecule has 1 N–H and O–H groups in total. The minimum atomic E-state index is -1.24. The normalized spacial score (nSPS) is 8.86. The van der Waals surface area contributed by atoms with Crippen LogP contribution in [0.4, 0.5) is 0 Å². The predicted octanol–water partition coefficient (Wildman–Crippen LogP) is -1.33. The molecule has 7 heteroatoms. The van der Waals surface area contributed by atoms with Crippen molar-refractivity contribution >= 4 is 68.4 Å². The first-order chi connectivity index (χ1) is 5.79. The number of nitrogens with zero attached hydrogens (tertiary/aromatic N) is 2. The van der Waals surface area contributed by atoms with Gasteiger partial charge in [-0.05, 0) is 6.07 Å². The fraction of sp³-hybridized carbons (Fsp3) is 0. The van der Waals surface area contributed by atoms with E-state index in [4.69, 9.17) is 0 Å². The summed E-state index contributed by atoms with van der Waals surface area (Å²) in [6, 6.07) is 4.73. The van der Waals surface area contributed by atoms with Gasteiger partial charge < -0.3 is 9.90 Å². The molecule has 0 spiro atoms. The molecule has 14 heavy (non-hydrogen) atoms. The van der Waals surface area contributed by atoms with Gasteiger partial charge in [-0.3, -0.25) is 5.10 Å². The van der Waals surface area contributed by atoms with Gasteiger partial charge >= 0.3 is 73.8 Å². The van der Waals surface area contributed by atoms with Gasteiger partial charge in [-0.15, -0.1) is 5.10 Å². The Kier molecular flexibility index (Phi) is 6.34. The summed E-state index contributed by atoms with van der Waals surface area (Å²) in [7, 11) is 0. The van der Waals surface area contributed by atoms with E-state index in [1.165, 1.54) is 6.07 Å². The van der Waals surface area contributed by atoms with E-state index in [-0.39, 0.29) is 79.3 Å². The summed E-state index contributed by atoms with van der Waals surface area (Å²) in [5.74, 6) is -1.24. The molecule has 2 rings (SSSR count). The maximum absolute atomic E-state index is 10.5. The Morgan fingerprint density at radius 3 is 2.79 bits per heavy atom. The summed E-state index contributed by atoms with van der Waals surface area (Å²) >= 11 is 0. The van der Waals surface area contributed by atoms with Gasteiger partial charge in [0.15, 0.2) is 0 Å². The maximum atomic E-state index is 10.5. The monoisotopic (exact) mass is 309 g/mol. The third-order valence-corrected chi connectivity index (χ3v) is 1.58. The first-order valence-electron chi connectivity index (χ1n) is 3.30. The van der Waals surface area contributed by atoms with Crippen molar-refractivity contribution in [2.24, 2.45) is 0 Å². The van der Waals surface area contributed by atoms with Crippen molar-refractivity contribution in [3.05, 3.63) is 23.8 Å². The van der Waals surface area contributed by atoms with Crippen molar-refractivity contribution < 1.29 is 32.3 Å². The van der Waals surface area contributed by atoms with E-state index < -0.39 is 5.97 Å². The van der Waals surface area contributed by atoms with Crippen molar-refractivity contribution in [2.45, 2.75) is 0 Å². The zero-order valence-electron chi connectivity index (χ0n) is 6.24. The molecule has 0 fully saturated rings. The van der Waals surface area contributed by atoms with Crippen LogP contribution in [0.25, 0.3) is 11.0 Å². The van der Waals surface area contributed by atoms with E-state index in [1.807, 2.05) is 0 Å². The van der Waals surface area contributed by atoms with E-state index in [0.29, 0.717) is 11.0 Å². The van der Waals surface area contributed by atoms with Gasteiger partial charge in [0, 0.05) is 5.56 Å². The van der Waals surface area contributed by atoms with Crippen molar-refractivity contribution in [2.75, 3.05) is 0 Å². The van der Waals surface area contributed by atoms with Crippen LogP contribution in [0.2, 0.25) is 0 Å². The average Bonchev–Trinajstić information content (AvgIpc) is 2.49. The number of nitrogens with one attached hydrogen (secondary N) is 1. The van der Waals surface area contributed by atoms with Crippen molar-refractivity contribution in [3.63, 3.8) is 0 Å². The first-order valence-corrected chi connectivity index (χ1v) is 3.30. The molecule has 0 bridgehead atoms. The molecular formula is C7H5AgKN3O2. The summed E-state index contributed by atoms with van der Waals surface area (Å²) < 4.78 is 0. The molecular weight excluding hydrogens is 305 g/mol. The summed E-state index contributed by atoms with van der Waals surface area (Å²) in [5.41, 5.74) is 0.982. The number of carboxylic acid groups (broad SMARTS) is 1. The fourth-order valence-corrected chi connectivity index (χ4v) is 1.04. The van der Waals surface area contributed by atoms with Crippen LogP contribution in [-0.4, -0.2) is 72.8 Å². The summed E-state index contributed by atoms with van der Waals surface area (Å²) in [5, 5.41) is 20.2. The van der Waals surface area contributed by atoms with Crippen molar-refractivity contribution in [1.29, 1.82) is 0 Å². The second-order valence-electron chi connectivity index (χ2n) is 2.30. The second-order valence-corrected chi connectivity index (χ2v) is 2.30. The molecule has 1 aromatic carbocycles. The number of carbonyl (C=O) groups excluding carboxylic acids is 1. The van der Waals surface area contributed by atoms with Gasteiger partial charge in [0.1, 0.15) is 5.52 Å². The Balaban J connectivity index is 0.000000845. The molecule has 1 aromatic heterocycles. The average molecular weight is 310 g/mol. The standard InChI is InChI=1S/C7H5N3O2.Ag.K.H/c11-7(12)4-2-1-3-5-6(4)9-10-8-5;;;/h1-3H,(H,11,12)(H,8,9,10);;;/q;+1;;/p-1. The van der Waals surface area contributed by atoms with E-state index in [0.717, 1.165) is 0 Å². The topological polar surface area (TPSA) is 81.7 Å². The van der Waals surface area contributed by atoms with E-state index in [9.17, 15) is 9.90 Å². The van der Waals surface area contributed by atoms with Gasteiger partial charge in [0.25, 0.3) is 0 Å². The number of carboxylic acids is 1. The van der Waals surface area contributed by atoms with E-state index in [2.05, 4.69) is 15.4 Å². The van der Waals surface area contributed by atoms with Gasteiger partial charge in [-0.2, -0.15) is 0 Å². The van der Waals surface area contributed by atoms with E-state index in [1.54, 1.807) is 12.1 Å². The number of carbonyl (C=O) groups is 1. The van der Waals surface area contributed by atoms with Crippen LogP contribution in [0, 0.1) is 0 Å². The zero-order valence-corrected chi connectivity index (χ0v) is 7.73. The third-order valence-electron chi connectivity index (χ3n) is 1.58. The SMILES string of the molecule is O=C([O-])c1cccc2[nH]nnc12.[Ag+].[KH]. The van der Waals surface area contributed by atoms with Crippen molar-refractivity contribution in [1.82, 2.24) is 15.4 Å². The number of aromatic nitrogens is 3. The Morgan fingerprint density at radius 1 is 1.43 bits per heavy atom. The minimum absolute atomic E-state index is 0. The third kappa shape index (κ3) is 2.74. The summed E-state index contributed by atoms with van der Waals surface area (Å²) in [6.45, 7) is 0. The van der Waals surface area contributed by atoms with Gasteiger partial charge in [-0.25, -0.2) is 0 Å². The quantitative estimate of drug-likeness (QED) is 0.662. The van der Waals surface area contributed by atoms with Crippen LogP contribution >= 0.6 is 0 Å². The van der Waals surface area contributed by atoms with Gasteiger partial charge in [0.2, 0.25) is 0 Å². The van der Waals surface area contributed by atoms with Crippen LogP contribution in [0.3, 0.4) is 0 Å². The molecule has 0 radical (unpaired) electrons. The van der Waals surface area contributed by atoms with Crippen LogP contribution in [0.15, 0.2) is 18.2 Å². The molecule has 0 aliphatic carbocycles. The van der Waals surface area contributed by atoms with Crippen molar-refractivity contribution in [3.8, 4) is 0 Å². The molecule has 72 valence electrons. The molecule has 2 aromatic rings. The Hall–Kier alpha value is 0.467. The zero-order chi connectivity index (χ0) is 8.55. The Bertz CT molecular complexity index is 445.